The van der Waals surface area contributed by atoms with E-state index in [2.05, 4.69) is 268 Å². The van der Waals surface area contributed by atoms with Gasteiger partial charge in [-0.15, -0.1) is 0 Å². The van der Waals surface area contributed by atoms with Crippen molar-refractivity contribution in [1.29, 1.82) is 0 Å². The minimum absolute atomic E-state index is 0.0220. The Kier molecular flexibility index (Phi) is 9.90. The van der Waals surface area contributed by atoms with E-state index in [0.29, 0.717) is 0 Å². The summed E-state index contributed by atoms with van der Waals surface area (Å²) in [5.74, 6) is 0. The molecule has 0 fully saturated rings. The van der Waals surface area contributed by atoms with Crippen LogP contribution in [-0.4, -0.2) is 6.71 Å². The molecule has 0 N–H and O–H groups in total. The number of hydrogen-bond donors (Lipinski definition) is 0. The first kappa shape index (κ1) is 43.8. The van der Waals surface area contributed by atoms with Gasteiger partial charge in [-0.3, -0.25) is 0 Å². The molecule has 0 saturated carbocycles. The van der Waals surface area contributed by atoms with Gasteiger partial charge in [0.05, 0.1) is 5.69 Å². The van der Waals surface area contributed by atoms with Crippen molar-refractivity contribution in [2.75, 3.05) is 14.7 Å². The fraction of sp³-hybridized carbons (Fsp3) is 0.250. The van der Waals surface area contributed by atoms with Gasteiger partial charge in [-0.2, -0.15) is 0 Å². The number of hydrogen-bond acceptors (Lipinski definition) is 3. The zero-order chi connectivity index (χ0) is 47.7. The van der Waals surface area contributed by atoms with Crippen LogP contribution in [0, 0.1) is 6.92 Å². The SMILES string of the molecule is Cc1cc2c3c(c1)N(c1cccc4c1C(C)(C)c1ccccc1-4)c1cc(N(c4ccccc4)c4ccccc4)ccc1B3c1cc(C(C)(C)C)ccc1N2c1cc(C(C)(C)C)cc(C(C)(C)C)c1. The molecule has 8 aromatic rings. The Morgan fingerprint density at radius 2 is 1.00 bits per heavy atom. The van der Waals surface area contributed by atoms with Gasteiger partial charge in [-0.05, 0) is 157 Å². The summed E-state index contributed by atoms with van der Waals surface area (Å²) in [5.41, 5.74) is 25.0. The highest BCUT2D eigenvalue weighted by molar-refractivity contribution is 7.00. The summed E-state index contributed by atoms with van der Waals surface area (Å²) in [5, 5.41) is 0. The van der Waals surface area contributed by atoms with Crippen molar-refractivity contribution in [3.8, 4) is 11.1 Å². The summed E-state index contributed by atoms with van der Waals surface area (Å²) in [7, 11) is 0. The number of benzene rings is 8. The van der Waals surface area contributed by atoms with E-state index in [0.717, 1.165) is 17.1 Å². The molecule has 0 spiro atoms. The molecule has 0 atom stereocenters. The summed E-state index contributed by atoms with van der Waals surface area (Å²) >= 11 is 0. The molecule has 0 amide bonds. The summed E-state index contributed by atoms with van der Waals surface area (Å²) in [4.78, 5) is 7.69. The standard InChI is InChI=1S/C64H64BN3/c1-41-34-57-60-58(35-41)68(55-29-21-27-50-49-26-19-20-28-51(49)64(11,12)59(50)55)56-40-47(66(45-22-15-13-16-23-45)46-24-17-14-18-25-46)31-32-52(56)65(60)53-39-42(61(2,3)4)30-33-54(53)67(57)48-37-43(62(5,6)7)36-44(38-48)63(8,9)10/h13-40H,1-12H3. The van der Waals surface area contributed by atoms with Crippen LogP contribution in [0.1, 0.15) is 110 Å². The average Bonchev–Trinajstić information content (AvgIpc) is 3.54. The summed E-state index contributed by atoms with van der Waals surface area (Å²) in [6.07, 6.45) is 0. The molecule has 3 aliphatic rings. The molecule has 2 aliphatic heterocycles. The number of para-hydroxylation sites is 2. The Balaban J connectivity index is 1.26. The number of aryl methyl sites for hydroxylation is 1. The highest BCUT2D eigenvalue weighted by atomic mass is 15.2. The lowest BCUT2D eigenvalue weighted by molar-refractivity contribution is 0.568. The molecule has 0 unspecified atom stereocenters. The van der Waals surface area contributed by atoms with Crippen molar-refractivity contribution in [3.05, 3.63) is 203 Å². The van der Waals surface area contributed by atoms with Crippen molar-refractivity contribution in [2.24, 2.45) is 0 Å². The van der Waals surface area contributed by atoms with Crippen LogP contribution in [0.15, 0.2) is 170 Å². The third-order valence-electron chi connectivity index (χ3n) is 15.1. The molecule has 2 heterocycles. The van der Waals surface area contributed by atoms with Crippen LogP contribution in [0.4, 0.5) is 51.2 Å². The van der Waals surface area contributed by atoms with E-state index in [1.165, 1.54) is 95.0 Å². The Hall–Kier alpha value is -6.78. The highest BCUT2D eigenvalue weighted by Gasteiger charge is 2.46. The Morgan fingerprint density at radius 1 is 0.426 bits per heavy atom. The van der Waals surface area contributed by atoms with E-state index in [9.17, 15) is 0 Å². The number of anilines is 9. The molecule has 68 heavy (non-hydrogen) atoms. The van der Waals surface area contributed by atoms with Gasteiger partial charge in [0.1, 0.15) is 0 Å². The quantitative estimate of drug-likeness (QED) is 0.159. The maximum Gasteiger partial charge on any atom is 0.252 e. The van der Waals surface area contributed by atoms with Crippen LogP contribution in [-0.2, 0) is 21.7 Å². The van der Waals surface area contributed by atoms with Crippen molar-refractivity contribution >= 4 is 74.3 Å². The number of nitrogens with zero attached hydrogens (tertiary/aromatic N) is 3. The van der Waals surface area contributed by atoms with Gasteiger partial charge in [0.15, 0.2) is 0 Å². The Bertz CT molecular complexity index is 3220. The largest absolute Gasteiger partial charge is 0.311 e. The number of rotatable bonds is 5. The van der Waals surface area contributed by atoms with Crippen LogP contribution in [0.3, 0.4) is 0 Å². The van der Waals surface area contributed by atoms with E-state index in [-0.39, 0.29) is 28.4 Å². The van der Waals surface area contributed by atoms with Gasteiger partial charge in [0.2, 0.25) is 0 Å². The monoisotopic (exact) mass is 886 g/mol. The first-order valence-corrected chi connectivity index (χ1v) is 24.6. The predicted molar refractivity (Wildman–Crippen MR) is 294 cm³/mol. The van der Waals surface area contributed by atoms with Gasteiger partial charge < -0.3 is 14.7 Å². The van der Waals surface area contributed by atoms with Crippen molar-refractivity contribution in [2.45, 2.75) is 105 Å². The Labute approximate surface area is 406 Å². The molecular formula is C64H64BN3. The molecule has 3 nitrogen and oxygen atoms in total. The maximum absolute atomic E-state index is 2.66. The van der Waals surface area contributed by atoms with Crippen LogP contribution < -0.4 is 31.1 Å². The average molecular weight is 886 g/mol. The molecule has 0 aromatic heterocycles. The van der Waals surface area contributed by atoms with E-state index < -0.39 is 0 Å². The molecule has 0 bridgehead atoms. The van der Waals surface area contributed by atoms with Crippen molar-refractivity contribution < 1.29 is 0 Å². The summed E-state index contributed by atoms with van der Waals surface area (Å²) in [6.45, 7) is 28.2. The molecule has 1 aliphatic carbocycles. The molecule has 4 heteroatoms. The van der Waals surface area contributed by atoms with Crippen molar-refractivity contribution in [3.63, 3.8) is 0 Å². The minimum Gasteiger partial charge on any atom is -0.311 e. The molecule has 0 radical (unpaired) electrons. The molecule has 8 aromatic carbocycles. The zero-order valence-electron chi connectivity index (χ0n) is 42.1. The third-order valence-corrected chi connectivity index (χ3v) is 15.1. The van der Waals surface area contributed by atoms with Gasteiger partial charge in [0.25, 0.3) is 6.71 Å². The van der Waals surface area contributed by atoms with Gasteiger partial charge in [-0.1, -0.05) is 173 Å². The summed E-state index contributed by atoms with van der Waals surface area (Å²) < 4.78 is 0. The zero-order valence-corrected chi connectivity index (χ0v) is 42.1. The molecular weight excluding hydrogens is 822 g/mol. The molecule has 0 saturated heterocycles. The minimum atomic E-state index is -0.238. The lowest BCUT2D eigenvalue weighted by Gasteiger charge is -2.46. The second-order valence-corrected chi connectivity index (χ2v) is 23.2. The topological polar surface area (TPSA) is 9.72 Å². The lowest BCUT2D eigenvalue weighted by atomic mass is 9.33. The second-order valence-electron chi connectivity index (χ2n) is 23.2. The molecule has 11 rings (SSSR count). The molecule has 338 valence electrons. The Morgan fingerprint density at radius 3 is 1.62 bits per heavy atom. The highest BCUT2D eigenvalue weighted by Crippen LogP contribution is 2.56. The number of fused-ring (bicyclic) bond motifs is 7. The van der Waals surface area contributed by atoms with E-state index in [1.54, 1.807) is 0 Å². The predicted octanol–water partition coefficient (Wildman–Crippen LogP) is 15.7. The third kappa shape index (κ3) is 6.93. The smallest absolute Gasteiger partial charge is 0.252 e. The fourth-order valence-electron chi connectivity index (χ4n) is 11.5. The van der Waals surface area contributed by atoms with E-state index in [4.69, 9.17) is 0 Å². The summed E-state index contributed by atoms with van der Waals surface area (Å²) in [6, 6.07) is 64.7. The van der Waals surface area contributed by atoms with E-state index in [1.807, 2.05) is 0 Å². The van der Waals surface area contributed by atoms with Gasteiger partial charge >= 0.3 is 0 Å². The van der Waals surface area contributed by atoms with Gasteiger partial charge in [0, 0.05) is 50.9 Å². The van der Waals surface area contributed by atoms with Crippen LogP contribution in [0.5, 0.6) is 0 Å². The van der Waals surface area contributed by atoms with Crippen molar-refractivity contribution in [1.82, 2.24) is 0 Å². The fourth-order valence-corrected chi connectivity index (χ4v) is 11.5. The first-order chi connectivity index (χ1) is 32.3. The van der Waals surface area contributed by atoms with E-state index >= 15 is 0 Å². The first-order valence-electron chi connectivity index (χ1n) is 24.6. The van der Waals surface area contributed by atoms with Crippen LogP contribution in [0.25, 0.3) is 11.1 Å². The van der Waals surface area contributed by atoms with Crippen LogP contribution in [0.2, 0.25) is 0 Å². The normalized spacial score (nSPS) is 14.5. The maximum atomic E-state index is 2.66. The second kappa shape index (κ2) is 15.4. The van der Waals surface area contributed by atoms with Gasteiger partial charge in [-0.25, -0.2) is 0 Å². The lowest BCUT2D eigenvalue weighted by Crippen LogP contribution is -2.61. The van der Waals surface area contributed by atoms with Crippen LogP contribution >= 0.6 is 0 Å².